The van der Waals surface area contributed by atoms with Crippen LogP contribution in [0.25, 0.3) is 0 Å². The summed E-state index contributed by atoms with van der Waals surface area (Å²) in [5.41, 5.74) is 4.89. The van der Waals surface area contributed by atoms with Gasteiger partial charge in [-0.25, -0.2) is 4.79 Å². The number of aryl methyl sites for hydroxylation is 1. The molecule has 0 saturated heterocycles. The van der Waals surface area contributed by atoms with Crippen LogP contribution < -0.4 is 20.9 Å². The van der Waals surface area contributed by atoms with E-state index in [-0.39, 0.29) is 18.0 Å². The van der Waals surface area contributed by atoms with Crippen molar-refractivity contribution in [3.05, 3.63) is 53.1 Å². The maximum Gasteiger partial charge on any atom is 0.323 e. The van der Waals surface area contributed by atoms with Gasteiger partial charge in [0.2, 0.25) is 0 Å². The molecule has 0 radical (unpaired) electrons. The number of nitrogens with one attached hydrogen (secondary N) is 3. The second-order valence-electron chi connectivity index (χ2n) is 8.26. The molecule has 3 amide bonds. The predicted octanol–water partition coefficient (Wildman–Crippen LogP) is 5.08. The standard InChI is InChI=1S/C24H32N4O2/c1-16-9-8-12-21(17(16)2)27-24(30)26-19-13-14-22(28(3)4)20(15-19)23(29)25-18-10-6-5-7-11-18/h8-9,12-15,18H,5-7,10-11H2,1-4H3,(H,25,29)(H2,26,27,30). The molecule has 0 unspecified atom stereocenters. The molecule has 1 saturated carbocycles. The first kappa shape index (κ1) is 21.7. The van der Waals surface area contributed by atoms with Gasteiger partial charge in [-0.15, -0.1) is 0 Å². The van der Waals surface area contributed by atoms with Crippen LogP contribution in [0, 0.1) is 13.8 Å². The van der Waals surface area contributed by atoms with Gasteiger partial charge in [0.05, 0.1) is 5.56 Å². The van der Waals surface area contributed by atoms with Crippen molar-refractivity contribution in [2.24, 2.45) is 0 Å². The molecule has 1 aliphatic carbocycles. The van der Waals surface area contributed by atoms with Gasteiger partial charge >= 0.3 is 6.03 Å². The van der Waals surface area contributed by atoms with E-state index in [1.54, 1.807) is 6.07 Å². The van der Waals surface area contributed by atoms with Crippen molar-refractivity contribution in [3.63, 3.8) is 0 Å². The van der Waals surface area contributed by atoms with Crippen molar-refractivity contribution in [2.45, 2.75) is 52.0 Å². The van der Waals surface area contributed by atoms with Crippen LogP contribution in [0.2, 0.25) is 0 Å². The third-order valence-electron chi connectivity index (χ3n) is 5.77. The van der Waals surface area contributed by atoms with E-state index in [2.05, 4.69) is 16.0 Å². The smallest absolute Gasteiger partial charge is 0.323 e. The van der Waals surface area contributed by atoms with E-state index in [0.717, 1.165) is 48.2 Å². The minimum Gasteiger partial charge on any atom is -0.377 e. The Labute approximate surface area is 179 Å². The van der Waals surface area contributed by atoms with E-state index in [1.807, 2.05) is 63.2 Å². The lowest BCUT2D eigenvalue weighted by molar-refractivity contribution is 0.0928. The number of rotatable bonds is 5. The number of carbonyl (C=O) groups excluding carboxylic acids is 2. The van der Waals surface area contributed by atoms with E-state index in [1.165, 1.54) is 6.42 Å². The maximum atomic E-state index is 13.0. The largest absolute Gasteiger partial charge is 0.377 e. The molecule has 6 heteroatoms. The molecule has 1 fully saturated rings. The Bertz CT molecular complexity index is 917. The molecule has 6 nitrogen and oxygen atoms in total. The molecule has 3 N–H and O–H groups in total. The van der Waals surface area contributed by atoms with Crippen LogP contribution in [-0.4, -0.2) is 32.1 Å². The highest BCUT2D eigenvalue weighted by atomic mass is 16.2. The SMILES string of the molecule is Cc1cccc(NC(=O)Nc2ccc(N(C)C)c(C(=O)NC3CCCCC3)c2)c1C. The fourth-order valence-corrected chi connectivity index (χ4v) is 3.87. The van der Waals surface area contributed by atoms with E-state index in [0.29, 0.717) is 11.3 Å². The Hall–Kier alpha value is -3.02. The minimum absolute atomic E-state index is 0.0933. The summed E-state index contributed by atoms with van der Waals surface area (Å²) in [5.74, 6) is -0.0933. The first-order chi connectivity index (χ1) is 14.3. The lowest BCUT2D eigenvalue weighted by Gasteiger charge is -2.24. The summed E-state index contributed by atoms with van der Waals surface area (Å²) in [4.78, 5) is 27.4. The van der Waals surface area contributed by atoms with Crippen molar-refractivity contribution in [3.8, 4) is 0 Å². The monoisotopic (exact) mass is 408 g/mol. The third kappa shape index (κ3) is 5.32. The van der Waals surface area contributed by atoms with Crippen LogP contribution in [0.3, 0.4) is 0 Å². The van der Waals surface area contributed by atoms with Gasteiger partial charge in [-0.05, 0) is 62.1 Å². The molecule has 2 aromatic carbocycles. The Morgan fingerprint density at radius 2 is 1.70 bits per heavy atom. The number of anilines is 3. The third-order valence-corrected chi connectivity index (χ3v) is 5.77. The van der Waals surface area contributed by atoms with E-state index in [9.17, 15) is 9.59 Å². The molecule has 3 rings (SSSR count). The van der Waals surface area contributed by atoms with Crippen LogP contribution in [0.4, 0.5) is 21.9 Å². The topological polar surface area (TPSA) is 73.5 Å². The summed E-state index contributed by atoms with van der Waals surface area (Å²) in [6.45, 7) is 3.99. The van der Waals surface area contributed by atoms with Crippen molar-refractivity contribution in [1.29, 1.82) is 0 Å². The van der Waals surface area contributed by atoms with Gasteiger partial charge in [-0.2, -0.15) is 0 Å². The highest BCUT2D eigenvalue weighted by Gasteiger charge is 2.20. The zero-order valence-corrected chi connectivity index (χ0v) is 18.3. The van der Waals surface area contributed by atoms with Crippen LogP contribution in [-0.2, 0) is 0 Å². The van der Waals surface area contributed by atoms with Gasteiger partial charge in [0.15, 0.2) is 0 Å². The molecule has 2 aromatic rings. The average molecular weight is 409 g/mol. The van der Waals surface area contributed by atoms with Crippen LogP contribution in [0.1, 0.15) is 53.6 Å². The summed E-state index contributed by atoms with van der Waals surface area (Å²) in [6.07, 6.45) is 5.61. The summed E-state index contributed by atoms with van der Waals surface area (Å²) in [6, 6.07) is 11.1. The van der Waals surface area contributed by atoms with Crippen molar-refractivity contribution in [2.75, 3.05) is 29.6 Å². The number of carbonyl (C=O) groups is 2. The first-order valence-electron chi connectivity index (χ1n) is 10.6. The Balaban J connectivity index is 1.75. The zero-order valence-electron chi connectivity index (χ0n) is 18.3. The molecule has 160 valence electrons. The first-order valence-corrected chi connectivity index (χ1v) is 10.6. The second-order valence-corrected chi connectivity index (χ2v) is 8.26. The molecular formula is C24H32N4O2. The van der Waals surface area contributed by atoms with Gasteiger partial charge in [-0.3, -0.25) is 4.79 Å². The number of nitrogens with zero attached hydrogens (tertiary/aromatic N) is 1. The van der Waals surface area contributed by atoms with Crippen molar-refractivity contribution in [1.82, 2.24) is 5.32 Å². The van der Waals surface area contributed by atoms with Crippen LogP contribution >= 0.6 is 0 Å². The fourth-order valence-electron chi connectivity index (χ4n) is 3.87. The predicted molar refractivity (Wildman–Crippen MR) is 124 cm³/mol. The summed E-state index contributed by atoms with van der Waals surface area (Å²) < 4.78 is 0. The van der Waals surface area contributed by atoms with Gasteiger partial charge < -0.3 is 20.9 Å². The Morgan fingerprint density at radius 1 is 0.967 bits per heavy atom. The minimum atomic E-state index is -0.333. The van der Waals surface area contributed by atoms with Crippen LogP contribution in [0.15, 0.2) is 36.4 Å². The normalized spacial score (nSPS) is 14.1. The van der Waals surface area contributed by atoms with Crippen LogP contribution in [0.5, 0.6) is 0 Å². The summed E-state index contributed by atoms with van der Waals surface area (Å²) in [7, 11) is 3.82. The number of amides is 3. The van der Waals surface area contributed by atoms with Crippen molar-refractivity contribution >= 4 is 29.0 Å². The summed E-state index contributed by atoms with van der Waals surface area (Å²) in [5, 5.41) is 8.91. The van der Waals surface area contributed by atoms with Gasteiger partial charge in [0.25, 0.3) is 5.91 Å². The molecule has 30 heavy (non-hydrogen) atoms. The number of hydrogen-bond acceptors (Lipinski definition) is 3. The Kier molecular flexibility index (Phi) is 6.98. The molecule has 0 atom stereocenters. The lowest BCUT2D eigenvalue weighted by atomic mass is 9.95. The molecule has 0 aliphatic heterocycles. The van der Waals surface area contributed by atoms with Gasteiger partial charge in [-0.1, -0.05) is 31.4 Å². The summed E-state index contributed by atoms with van der Waals surface area (Å²) >= 11 is 0. The van der Waals surface area contributed by atoms with Gasteiger partial charge in [0, 0.05) is 37.2 Å². The molecule has 0 aromatic heterocycles. The number of hydrogen-bond donors (Lipinski definition) is 3. The van der Waals surface area contributed by atoms with Crippen molar-refractivity contribution < 1.29 is 9.59 Å². The quantitative estimate of drug-likeness (QED) is 0.646. The molecule has 0 spiro atoms. The number of benzene rings is 2. The van der Waals surface area contributed by atoms with Gasteiger partial charge in [0.1, 0.15) is 0 Å². The lowest BCUT2D eigenvalue weighted by Crippen LogP contribution is -2.36. The number of urea groups is 1. The molecule has 1 aliphatic rings. The molecule has 0 bridgehead atoms. The van der Waals surface area contributed by atoms with E-state index < -0.39 is 0 Å². The Morgan fingerprint density at radius 3 is 2.40 bits per heavy atom. The highest BCUT2D eigenvalue weighted by Crippen LogP contribution is 2.25. The second kappa shape index (κ2) is 9.65. The highest BCUT2D eigenvalue weighted by molar-refractivity contribution is 6.04. The van der Waals surface area contributed by atoms with E-state index >= 15 is 0 Å². The van der Waals surface area contributed by atoms with E-state index in [4.69, 9.17) is 0 Å². The molecular weight excluding hydrogens is 376 g/mol. The molecule has 0 heterocycles. The zero-order chi connectivity index (χ0) is 21.7. The maximum absolute atomic E-state index is 13.0. The fraction of sp³-hybridized carbons (Fsp3) is 0.417. The average Bonchev–Trinajstić information content (AvgIpc) is 2.72.